The zero-order chi connectivity index (χ0) is 13.7. The third kappa shape index (κ3) is 2.95. The Morgan fingerprint density at radius 3 is 2.17 bits per heavy atom. The standard InChI is InChI=1S/C13H14O5/c1-8(12(15)17-2)11(14)9-4-6-10(7-5-9)13(16)18-3/h4-7,11,14H,1H2,2-3H3. The number of methoxy groups -OCH3 is 2. The van der Waals surface area contributed by atoms with E-state index in [-0.39, 0.29) is 5.57 Å². The van der Waals surface area contributed by atoms with Crippen molar-refractivity contribution < 1.29 is 24.2 Å². The number of rotatable bonds is 4. The second-order valence-electron chi connectivity index (χ2n) is 3.53. The molecular weight excluding hydrogens is 236 g/mol. The van der Waals surface area contributed by atoms with Crippen LogP contribution in [-0.2, 0) is 14.3 Å². The normalized spacial score (nSPS) is 11.5. The first kappa shape index (κ1) is 13.9. The van der Waals surface area contributed by atoms with Crippen molar-refractivity contribution in [3.05, 3.63) is 47.5 Å². The average molecular weight is 250 g/mol. The summed E-state index contributed by atoms with van der Waals surface area (Å²) in [6.07, 6.45) is -1.16. The smallest absolute Gasteiger partial charge is 0.337 e. The fourth-order valence-corrected chi connectivity index (χ4v) is 1.36. The summed E-state index contributed by atoms with van der Waals surface area (Å²) in [5.74, 6) is -1.15. The van der Waals surface area contributed by atoms with E-state index >= 15 is 0 Å². The molecule has 0 saturated carbocycles. The van der Waals surface area contributed by atoms with Crippen molar-refractivity contribution in [3.63, 3.8) is 0 Å². The minimum atomic E-state index is -1.16. The zero-order valence-electron chi connectivity index (χ0n) is 10.2. The molecule has 0 fully saturated rings. The van der Waals surface area contributed by atoms with Crippen LogP contribution in [0, 0.1) is 0 Å². The maximum Gasteiger partial charge on any atom is 0.337 e. The lowest BCUT2D eigenvalue weighted by molar-refractivity contribution is -0.137. The largest absolute Gasteiger partial charge is 0.466 e. The van der Waals surface area contributed by atoms with Gasteiger partial charge in [0.1, 0.15) is 6.10 Å². The van der Waals surface area contributed by atoms with Crippen molar-refractivity contribution in [2.45, 2.75) is 6.10 Å². The molecule has 0 spiro atoms. The maximum atomic E-state index is 11.2. The summed E-state index contributed by atoms with van der Waals surface area (Å²) in [5.41, 5.74) is 0.735. The van der Waals surface area contributed by atoms with E-state index in [1.54, 1.807) is 0 Å². The lowest BCUT2D eigenvalue weighted by atomic mass is 10.0. The second-order valence-corrected chi connectivity index (χ2v) is 3.53. The first-order valence-electron chi connectivity index (χ1n) is 5.14. The van der Waals surface area contributed by atoms with Crippen molar-refractivity contribution in [1.29, 1.82) is 0 Å². The molecule has 1 rings (SSSR count). The highest BCUT2D eigenvalue weighted by atomic mass is 16.5. The van der Waals surface area contributed by atoms with Crippen LogP contribution in [0.3, 0.4) is 0 Å². The van der Waals surface area contributed by atoms with E-state index in [0.717, 1.165) is 0 Å². The summed E-state index contributed by atoms with van der Waals surface area (Å²) >= 11 is 0. The molecule has 0 heterocycles. The van der Waals surface area contributed by atoms with Crippen LogP contribution in [0.2, 0.25) is 0 Å². The van der Waals surface area contributed by atoms with E-state index in [2.05, 4.69) is 16.1 Å². The van der Waals surface area contributed by atoms with Gasteiger partial charge in [0.25, 0.3) is 0 Å². The van der Waals surface area contributed by atoms with Gasteiger partial charge in [-0.05, 0) is 17.7 Å². The summed E-state index contributed by atoms with van der Waals surface area (Å²) < 4.78 is 9.01. The number of aliphatic hydroxyl groups is 1. The maximum absolute atomic E-state index is 11.2. The van der Waals surface area contributed by atoms with Crippen LogP contribution >= 0.6 is 0 Å². The molecule has 1 N–H and O–H groups in total. The van der Waals surface area contributed by atoms with Crippen LogP contribution in [0.25, 0.3) is 0 Å². The molecular formula is C13H14O5. The lowest BCUT2D eigenvalue weighted by Crippen LogP contribution is -2.12. The number of carbonyl (C=O) groups excluding carboxylic acids is 2. The number of hydrogen-bond acceptors (Lipinski definition) is 5. The molecule has 96 valence electrons. The molecule has 1 aromatic rings. The Labute approximate surface area is 105 Å². The number of esters is 2. The zero-order valence-corrected chi connectivity index (χ0v) is 10.2. The highest BCUT2D eigenvalue weighted by Gasteiger charge is 2.19. The van der Waals surface area contributed by atoms with Gasteiger partial charge in [-0.15, -0.1) is 0 Å². The Morgan fingerprint density at radius 2 is 1.72 bits per heavy atom. The van der Waals surface area contributed by atoms with E-state index in [4.69, 9.17) is 0 Å². The number of hydrogen-bond donors (Lipinski definition) is 1. The van der Waals surface area contributed by atoms with Gasteiger partial charge in [0, 0.05) is 0 Å². The summed E-state index contributed by atoms with van der Waals surface area (Å²) in [6, 6.07) is 6.03. The lowest BCUT2D eigenvalue weighted by Gasteiger charge is -2.12. The summed E-state index contributed by atoms with van der Waals surface area (Å²) in [5, 5.41) is 9.86. The molecule has 18 heavy (non-hydrogen) atoms. The van der Waals surface area contributed by atoms with Crippen LogP contribution in [-0.4, -0.2) is 31.3 Å². The third-order valence-electron chi connectivity index (χ3n) is 2.43. The summed E-state index contributed by atoms with van der Waals surface area (Å²) in [6.45, 7) is 3.46. The number of ether oxygens (including phenoxy) is 2. The molecule has 1 unspecified atom stereocenters. The Morgan fingerprint density at radius 1 is 1.17 bits per heavy atom. The molecule has 0 aliphatic heterocycles. The molecule has 0 aromatic heterocycles. The van der Waals surface area contributed by atoms with Gasteiger partial charge in [-0.3, -0.25) is 0 Å². The minimum Gasteiger partial charge on any atom is -0.466 e. The van der Waals surface area contributed by atoms with Crippen LogP contribution in [0.15, 0.2) is 36.4 Å². The molecule has 5 heteroatoms. The van der Waals surface area contributed by atoms with Gasteiger partial charge in [0.2, 0.25) is 0 Å². The second kappa shape index (κ2) is 5.97. The van der Waals surface area contributed by atoms with Crippen LogP contribution in [0.1, 0.15) is 22.0 Å². The molecule has 0 aliphatic rings. The SMILES string of the molecule is C=C(C(=O)OC)C(O)c1ccc(C(=O)OC)cc1. The minimum absolute atomic E-state index is 0.0664. The summed E-state index contributed by atoms with van der Waals surface area (Å²) in [7, 11) is 2.49. The van der Waals surface area contributed by atoms with Crippen LogP contribution in [0.4, 0.5) is 0 Å². The van der Waals surface area contributed by atoms with Gasteiger partial charge in [0.05, 0.1) is 25.4 Å². The van der Waals surface area contributed by atoms with E-state index in [0.29, 0.717) is 11.1 Å². The van der Waals surface area contributed by atoms with Gasteiger partial charge < -0.3 is 14.6 Å². The van der Waals surface area contributed by atoms with Crippen molar-refractivity contribution >= 4 is 11.9 Å². The predicted molar refractivity (Wildman–Crippen MR) is 63.9 cm³/mol. The molecule has 1 atom stereocenters. The van der Waals surface area contributed by atoms with Crippen molar-refractivity contribution in [2.75, 3.05) is 14.2 Å². The predicted octanol–water partition coefficient (Wildman–Crippen LogP) is 1.24. The van der Waals surface area contributed by atoms with Gasteiger partial charge in [0.15, 0.2) is 0 Å². The van der Waals surface area contributed by atoms with E-state index in [9.17, 15) is 14.7 Å². The van der Waals surface area contributed by atoms with Crippen molar-refractivity contribution in [3.8, 4) is 0 Å². The molecule has 0 amide bonds. The molecule has 0 aliphatic carbocycles. The van der Waals surface area contributed by atoms with Crippen molar-refractivity contribution in [2.24, 2.45) is 0 Å². The molecule has 0 radical (unpaired) electrons. The number of aliphatic hydroxyl groups excluding tert-OH is 1. The highest BCUT2D eigenvalue weighted by Crippen LogP contribution is 2.21. The fourth-order valence-electron chi connectivity index (χ4n) is 1.36. The Hall–Kier alpha value is -2.14. The topological polar surface area (TPSA) is 72.8 Å². The van der Waals surface area contributed by atoms with Crippen LogP contribution < -0.4 is 0 Å². The van der Waals surface area contributed by atoms with Gasteiger partial charge in [-0.25, -0.2) is 9.59 Å². The number of carbonyl (C=O) groups is 2. The Kier molecular flexibility index (Phi) is 4.62. The molecule has 0 bridgehead atoms. The van der Waals surface area contributed by atoms with Gasteiger partial charge in [-0.2, -0.15) is 0 Å². The fraction of sp³-hybridized carbons (Fsp3) is 0.231. The summed E-state index contributed by atoms with van der Waals surface area (Å²) in [4.78, 5) is 22.4. The van der Waals surface area contributed by atoms with E-state index < -0.39 is 18.0 Å². The number of benzene rings is 1. The Bertz CT molecular complexity index is 461. The van der Waals surface area contributed by atoms with Crippen molar-refractivity contribution in [1.82, 2.24) is 0 Å². The Balaban J connectivity index is 2.88. The first-order valence-corrected chi connectivity index (χ1v) is 5.14. The molecule has 0 saturated heterocycles. The first-order chi connectivity index (χ1) is 8.51. The molecule has 5 nitrogen and oxygen atoms in total. The van der Waals surface area contributed by atoms with Crippen LogP contribution in [0.5, 0.6) is 0 Å². The molecule has 1 aromatic carbocycles. The van der Waals surface area contributed by atoms with E-state index in [1.807, 2.05) is 0 Å². The monoisotopic (exact) mass is 250 g/mol. The average Bonchev–Trinajstić information content (AvgIpc) is 2.44. The van der Waals surface area contributed by atoms with E-state index in [1.165, 1.54) is 38.5 Å². The van der Waals surface area contributed by atoms with Gasteiger partial charge >= 0.3 is 11.9 Å². The van der Waals surface area contributed by atoms with Gasteiger partial charge in [-0.1, -0.05) is 18.7 Å². The highest BCUT2D eigenvalue weighted by molar-refractivity contribution is 5.90. The third-order valence-corrected chi connectivity index (χ3v) is 2.43. The quantitative estimate of drug-likeness (QED) is 0.642.